The molecule has 0 saturated carbocycles. The van der Waals surface area contributed by atoms with Gasteiger partial charge >= 0.3 is 73.5 Å². The number of rotatable bonds is 0. The first-order valence-electron chi connectivity index (χ1n) is 0. The summed E-state index contributed by atoms with van der Waals surface area (Å²) in [6.07, 6.45) is 0. The van der Waals surface area contributed by atoms with Crippen molar-refractivity contribution in [3.63, 3.8) is 0 Å². The molecule has 0 aliphatic rings. The first-order valence-corrected chi connectivity index (χ1v) is 0. The second kappa shape index (κ2) is 17.8. The predicted molar refractivity (Wildman–Crippen MR) is 24.2 cm³/mol. The smallest absolute Gasteiger partial charge is 3.00 e. The molecule has 0 saturated heterocycles. The zero-order chi connectivity index (χ0) is 0. The zero-order valence-corrected chi connectivity index (χ0v) is 10.5. The van der Waals surface area contributed by atoms with Crippen molar-refractivity contribution in [2.24, 2.45) is 0 Å². The average Bonchev–Trinajstić information content (AvgIpc) is 0. The van der Waals surface area contributed by atoms with Crippen molar-refractivity contribution in [2.45, 2.75) is 0 Å². The van der Waals surface area contributed by atoms with Gasteiger partial charge in [0.15, 0.2) is 0 Å². The molecule has 0 rings (SSSR count). The molecule has 0 nitrogen and oxygen atoms in total. The third-order valence-corrected chi connectivity index (χ3v) is 0. The van der Waals surface area contributed by atoms with Gasteiger partial charge in [-0.3, -0.25) is 0 Å². The van der Waals surface area contributed by atoms with Crippen molar-refractivity contribution in [1.29, 1.82) is 0 Å². The maximum Gasteiger partial charge on any atom is 3.00 e. The molecule has 0 heterocycles. The van der Waals surface area contributed by atoms with Crippen LogP contribution in [0.1, 0.15) is 0 Å². The molecule has 0 bridgehead atoms. The van der Waals surface area contributed by atoms with Gasteiger partial charge in [0.1, 0.15) is 0 Å². The van der Waals surface area contributed by atoms with E-state index in [-0.39, 0.29) is 73.5 Å². The summed E-state index contributed by atoms with van der Waals surface area (Å²) >= 11 is 0. The summed E-state index contributed by atoms with van der Waals surface area (Å²) in [7, 11) is 0. The summed E-state index contributed by atoms with van der Waals surface area (Å²) in [5.41, 5.74) is 0. The molecular weight excluding hydrogens is 290 g/mol. The summed E-state index contributed by atoms with van der Waals surface area (Å²) in [5, 5.41) is 0. The van der Waals surface area contributed by atoms with Crippen LogP contribution in [0.5, 0.6) is 0 Å². The van der Waals surface area contributed by atoms with Crippen LogP contribution >= 0.6 is 9.90 Å². The molecule has 4 valence electrons. The normalized spacial score (nSPS) is 0. The first kappa shape index (κ1) is 31.5. The van der Waals surface area contributed by atoms with Gasteiger partial charge in [0.25, 0.3) is 0 Å². The number of hydrogen-bond donors (Lipinski definition) is 0. The van der Waals surface area contributed by atoms with Crippen molar-refractivity contribution in [3.05, 3.63) is 0 Å². The van der Waals surface area contributed by atoms with Gasteiger partial charge in [-0.05, 0) is 0 Å². The summed E-state index contributed by atoms with van der Waals surface area (Å²) in [4.78, 5) is 0. The van der Waals surface area contributed by atoms with E-state index in [1.807, 2.05) is 0 Å². The van der Waals surface area contributed by atoms with Gasteiger partial charge in [0.2, 0.25) is 0 Å². The van der Waals surface area contributed by atoms with Gasteiger partial charge in [0, 0.05) is 0 Å². The van der Waals surface area contributed by atoms with Gasteiger partial charge in [0.05, 0.1) is 0 Å². The fourth-order valence-corrected chi connectivity index (χ4v) is 0. The van der Waals surface area contributed by atoms with Crippen molar-refractivity contribution >= 4 is 73.5 Å². The van der Waals surface area contributed by atoms with E-state index >= 15 is 0 Å². The van der Waals surface area contributed by atoms with Crippen LogP contribution in [0.2, 0.25) is 0 Å². The third kappa shape index (κ3) is 8.82. The molecule has 0 aromatic rings. The summed E-state index contributed by atoms with van der Waals surface area (Å²) in [6.45, 7) is 0. The first-order chi connectivity index (χ1) is 0. The Labute approximate surface area is 72.6 Å². The number of hydrogen-bond acceptors (Lipinski definition) is 0. The van der Waals surface area contributed by atoms with Gasteiger partial charge in [-0.25, -0.2) is 0 Å². The second-order valence-electron chi connectivity index (χ2n) is 0. The maximum atomic E-state index is 0. The predicted octanol–water partition coefficient (Wildman–Crippen LogP) is -0.281. The fourth-order valence-electron chi connectivity index (χ4n) is 0. The molecule has 4 radical (unpaired) electrons. The Morgan fingerprint density at radius 1 is 1.00 bits per heavy atom. The van der Waals surface area contributed by atoms with E-state index in [1.165, 1.54) is 0 Å². The van der Waals surface area contributed by atoms with Crippen molar-refractivity contribution in [3.8, 4) is 0 Å². The molecule has 0 aromatic carbocycles. The minimum absolute atomic E-state index is 0. The Hall–Kier alpha value is 2.49. The Balaban J connectivity index is 0. The minimum atomic E-state index is 0. The van der Waals surface area contributed by atoms with E-state index in [1.54, 1.807) is 0 Å². The largest absolute Gasteiger partial charge is 3.00 e. The monoisotopic (exact) mass is 290 g/mol. The Morgan fingerprint density at radius 3 is 1.00 bits per heavy atom. The minimum Gasteiger partial charge on any atom is 3.00 e. The Morgan fingerprint density at radius 2 is 1.00 bits per heavy atom. The standard InChI is InChI=1S/As.Ga.In.P/q4*+3. The van der Waals surface area contributed by atoms with Gasteiger partial charge in [-0.1, -0.05) is 0 Å². The van der Waals surface area contributed by atoms with E-state index in [4.69, 9.17) is 0 Å². The van der Waals surface area contributed by atoms with Crippen LogP contribution in [0.15, 0.2) is 0 Å². The molecule has 0 amide bonds. The Bertz CT molecular complexity index is 8.00. The molecule has 0 N–H and O–H groups in total. The van der Waals surface area contributed by atoms with Gasteiger partial charge in [-0.15, -0.1) is 0 Å². The summed E-state index contributed by atoms with van der Waals surface area (Å²) < 4.78 is 0. The van der Waals surface area contributed by atoms with E-state index in [9.17, 15) is 0 Å². The average molecular weight is 290 g/mol. The van der Waals surface area contributed by atoms with Gasteiger partial charge in [-0.2, -0.15) is 0 Å². The molecule has 4 heavy (non-hydrogen) atoms. The van der Waals surface area contributed by atoms with Crippen LogP contribution in [0, 0.1) is 0 Å². The summed E-state index contributed by atoms with van der Waals surface area (Å²) in [5.74, 6) is 0. The zero-order valence-electron chi connectivity index (χ0n) is 2.05. The van der Waals surface area contributed by atoms with Crippen LogP contribution in [0.3, 0.4) is 0 Å². The SMILES string of the molecule is [As+3].[Ga+3].[In+3].[P+3]. The molecule has 0 aliphatic carbocycles. The van der Waals surface area contributed by atoms with E-state index < -0.39 is 0 Å². The van der Waals surface area contributed by atoms with Crippen molar-refractivity contribution < 1.29 is 0 Å². The molecule has 0 fully saturated rings. The van der Waals surface area contributed by atoms with E-state index in [0.717, 1.165) is 0 Å². The quantitative estimate of drug-likeness (QED) is 0.425. The van der Waals surface area contributed by atoms with Crippen molar-refractivity contribution in [1.82, 2.24) is 0 Å². The van der Waals surface area contributed by atoms with Crippen LogP contribution < -0.4 is 0 Å². The van der Waals surface area contributed by atoms with Crippen molar-refractivity contribution in [2.75, 3.05) is 0 Å². The van der Waals surface area contributed by atoms with Crippen LogP contribution in [-0.2, 0) is 0 Å². The van der Waals surface area contributed by atoms with E-state index in [2.05, 4.69) is 0 Å². The molecule has 0 unspecified atom stereocenters. The molecule has 0 spiro atoms. The molecular formula is AsGaInP+12. The topological polar surface area (TPSA) is 0 Å². The molecule has 0 aliphatic heterocycles. The fraction of sp³-hybridized carbons (Fsp3) is 0. The molecule has 4 heteroatoms. The maximum absolute atomic E-state index is 0. The summed E-state index contributed by atoms with van der Waals surface area (Å²) in [6, 6.07) is 0. The Kier molecular flexibility index (Phi) is 140. The van der Waals surface area contributed by atoms with E-state index in [0.29, 0.717) is 0 Å². The third-order valence-electron chi connectivity index (χ3n) is 0. The van der Waals surface area contributed by atoms with Crippen LogP contribution in [0.25, 0.3) is 0 Å². The van der Waals surface area contributed by atoms with Gasteiger partial charge < -0.3 is 0 Å². The molecule has 0 atom stereocenters. The molecule has 0 aromatic heterocycles. The van der Waals surface area contributed by atoms with Crippen LogP contribution in [0.4, 0.5) is 0 Å². The second-order valence-corrected chi connectivity index (χ2v) is 0. The van der Waals surface area contributed by atoms with Crippen LogP contribution in [-0.4, -0.2) is 63.6 Å².